The van der Waals surface area contributed by atoms with Crippen LogP contribution in [0, 0.1) is 0 Å². The molecule has 1 aromatic carbocycles. The Balaban J connectivity index is 1.41. The number of hydrogen-bond donors (Lipinski definition) is 1. The third kappa shape index (κ3) is 3.96. The molecular formula is C20H17N3O4S. The van der Waals surface area contributed by atoms with E-state index in [1.165, 1.54) is 11.3 Å². The average Bonchev–Trinajstić information content (AvgIpc) is 3.48. The second kappa shape index (κ2) is 8.10. The number of furan rings is 1. The summed E-state index contributed by atoms with van der Waals surface area (Å²) < 4.78 is 15.7. The van der Waals surface area contributed by atoms with Crippen LogP contribution in [-0.4, -0.2) is 29.7 Å². The molecule has 1 amide bonds. The maximum Gasteiger partial charge on any atom is 0.261 e. The van der Waals surface area contributed by atoms with Crippen LogP contribution in [0.5, 0.6) is 5.75 Å². The quantitative estimate of drug-likeness (QED) is 0.508. The number of aromatic nitrogens is 2. The summed E-state index contributed by atoms with van der Waals surface area (Å²) >= 11 is 1.32. The fourth-order valence-corrected chi connectivity index (χ4v) is 3.44. The number of carbonyl (C=O) groups excluding carboxylic acids is 1. The number of amides is 1. The minimum absolute atomic E-state index is 0.137. The molecular weight excluding hydrogens is 378 g/mol. The Hall–Kier alpha value is -3.39. The van der Waals surface area contributed by atoms with Crippen molar-refractivity contribution in [3.8, 4) is 27.9 Å². The summed E-state index contributed by atoms with van der Waals surface area (Å²) in [6.45, 7) is 0.503. The third-order valence-electron chi connectivity index (χ3n) is 4.05. The molecule has 4 rings (SSSR count). The Bertz CT molecular complexity index is 1050. The van der Waals surface area contributed by atoms with Crippen molar-refractivity contribution in [3.05, 3.63) is 65.4 Å². The molecule has 1 N–H and O–H groups in total. The first-order valence-electron chi connectivity index (χ1n) is 8.62. The van der Waals surface area contributed by atoms with Crippen LogP contribution in [-0.2, 0) is 6.42 Å². The van der Waals surface area contributed by atoms with E-state index in [2.05, 4.69) is 15.5 Å². The number of benzene rings is 1. The van der Waals surface area contributed by atoms with Crippen LogP contribution >= 0.6 is 11.3 Å². The van der Waals surface area contributed by atoms with E-state index in [9.17, 15) is 4.79 Å². The molecule has 0 aliphatic carbocycles. The highest BCUT2D eigenvalue weighted by Gasteiger charge is 2.15. The van der Waals surface area contributed by atoms with Crippen molar-refractivity contribution in [2.75, 3.05) is 13.7 Å². The predicted molar refractivity (Wildman–Crippen MR) is 104 cm³/mol. The zero-order valence-corrected chi connectivity index (χ0v) is 15.9. The molecule has 0 aliphatic rings. The van der Waals surface area contributed by atoms with E-state index >= 15 is 0 Å². The van der Waals surface area contributed by atoms with Crippen molar-refractivity contribution in [3.63, 3.8) is 0 Å². The first-order valence-corrected chi connectivity index (χ1v) is 9.43. The molecule has 0 fully saturated rings. The largest absolute Gasteiger partial charge is 0.497 e. The minimum Gasteiger partial charge on any atom is -0.497 e. The van der Waals surface area contributed by atoms with Gasteiger partial charge in [0.1, 0.15) is 11.5 Å². The molecule has 0 saturated heterocycles. The van der Waals surface area contributed by atoms with Gasteiger partial charge in [-0.2, -0.15) is 4.98 Å². The van der Waals surface area contributed by atoms with Crippen LogP contribution < -0.4 is 10.1 Å². The smallest absolute Gasteiger partial charge is 0.261 e. The summed E-state index contributed by atoms with van der Waals surface area (Å²) in [6.07, 6.45) is 2.26. The minimum atomic E-state index is -0.137. The lowest BCUT2D eigenvalue weighted by molar-refractivity contribution is 0.0958. The molecule has 0 saturated carbocycles. The van der Waals surface area contributed by atoms with Gasteiger partial charge in [-0.3, -0.25) is 4.79 Å². The first kappa shape index (κ1) is 18.0. The normalized spacial score (nSPS) is 10.8. The molecule has 28 heavy (non-hydrogen) atoms. The van der Waals surface area contributed by atoms with Crippen LogP contribution in [0.15, 0.2) is 63.7 Å². The summed E-state index contributed by atoms with van der Waals surface area (Å²) in [5, 5.41) is 6.90. The van der Waals surface area contributed by atoms with Crippen molar-refractivity contribution < 1.29 is 18.5 Å². The van der Waals surface area contributed by atoms with Gasteiger partial charge < -0.3 is 19.0 Å². The lowest BCUT2D eigenvalue weighted by atomic mass is 10.2. The highest BCUT2D eigenvalue weighted by Crippen LogP contribution is 2.28. The SMILES string of the molecule is COc1ccc(-c2nc(-c3ccc(C(=O)NCCc4ccco4)s3)no2)cc1. The monoisotopic (exact) mass is 395 g/mol. The number of ether oxygens (including phenoxy) is 1. The molecule has 0 atom stereocenters. The van der Waals surface area contributed by atoms with Crippen LogP contribution in [0.1, 0.15) is 15.4 Å². The molecule has 8 heteroatoms. The zero-order valence-electron chi connectivity index (χ0n) is 15.0. The lowest BCUT2D eigenvalue weighted by Crippen LogP contribution is -2.24. The number of hydrogen-bond acceptors (Lipinski definition) is 7. The summed E-state index contributed by atoms with van der Waals surface area (Å²) in [5.41, 5.74) is 0.798. The molecule has 7 nitrogen and oxygen atoms in total. The Morgan fingerprint density at radius 1 is 1.18 bits per heavy atom. The van der Waals surface area contributed by atoms with E-state index in [0.717, 1.165) is 22.0 Å². The van der Waals surface area contributed by atoms with E-state index in [1.54, 1.807) is 19.4 Å². The predicted octanol–water partition coefficient (Wildman–Crippen LogP) is 4.04. The van der Waals surface area contributed by atoms with Gasteiger partial charge >= 0.3 is 0 Å². The van der Waals surface area contributed by atoms with Gasteiger partial charge in [-0.15, -0.1) is 11.3 Å². The first-order chi connectivity index (χ1) is 13.7. The summed E-state index contributed by atoms with van der Waals surface area (Å²) in [7, 11) is 1.61. The number of carbonyl (C=O) groups is 1. The van der Waals surface area contributed by atoms with E-state index in [4.69, 9.17) is 13.7 Å². The second-order valence-electron chi connectivity index (χ2n) is 5.90. The maximum atomic E-state index is 12.3. The number of methoxy groups -OCH3 is 1. The fraction of sp³-hybridized carbons (Fsp3) is 0.150. The van der Waals surface area contributed by atoms with Crippen LogP contribution in [0.3, 0.4) is 0 Å². The van der Waals surface area contributed by atoms with Crippen molar-refractivity contribution in [1.29, 1.82) is 0 Å². The summed E-state index contributed by atoms with van der Waals surface area (Å²) in [4.78, 5) is 18.1. The molecule has 0 spiro atoms. The molecule has 0 aliphatic heterocycles. The van der Waals surface area contributed by atoms with Gasteiger partial charge in [0, 0.05) is 18.5 Å². The number of nitrogens with zero attached hydrogens (tertiary/aromatic N) is 2. The van der Waals surface area contributed by atoms with Crippen molar-refractivity contribution in [1.82, 2.24) is 15.5 Å². The zero-order chi connectivity index (χ0) is 19.3. The Kier molecular flexibility index (Phi) is 5.20. The van der Waals surface area contributed by atoms with Gasteiger partial charge in [-0.05, 0) is 48.5 Å². The molecule has 0 unspecified atom stereocenters. The highest BCUT2D eigenvalue weighted by molar-refractivity contribution is 7.17. The highest BCUT2D eigenvalue weighted by atomic mass is 32.1. The van der Waals surface area contributed by atoms with Crippen molar-refractivity contribution in [2.45, 2.75) is 6.42 Å². The molecule has 0 bridgehead atoms. The number of rotatable bonds is 7. The van der Waals surface area contributed by atoms with Crippen molar-refractivity contribution >= 4 is 17.2 Å². The van der Waals surface area contributed by atoms with Gasteiger partial charge in [0.15, 0.2) is 0 Å². The summed E-state index contributed by atoms with van der Waals surface area (Å²) in [5.74, 6) is 2.32. The summed E-state index contributed by atoms with van der Waals surface area (Å²) in [6, 6.07) is 14.6. The second-order valence-corrected chi connectivity index (χ2v) is 6.98. The van der Waals surface area contributed by atoms with Gasteiger partial charge in [0.05, 0.1) is 23.1 Å². The van der Waals surface area contributed by atoms with Crippen LogP contribution in [0.4, 0.5) is 0 Å². The Labute approximate surface area is 165 Å². The standard InChI is InChI=1S/C20H17N3O4S/c1-25-14-6-4-13(5-7-14)20-22-18(23-27-20)16-8-9-17(28-16)19(24)21-11-10-15-3-2-12-26-15/h2-9,12H,10-11H2,1H3,(H,21,24). The average molecular weight is 395 g/mol. The number of thiophene rings is 1. The van der Waals surface area contributed by atoms with Crippen LogP contribution in [0.2, 0.25) is 0 Å². The maximum absolute atomic E-state index is 12.3. The fourth-order valence-electron chi connectivity index (χ4n) is 2.60. The topological polar surface area (TPSA) is 90.4 Å². The molecule has 0 radical (unpaired) electrons. The third-order valence-corrected chi connectivity index (χ3v) is 5.13. The van der Waals surface area contributed by atoms with E-state index in [0.29, 0.717) is 29.6 Å². The Morgan fingerprint density at radius 2 is 2.04 bits per heavy atom. The van der Waals surface area contributed by atoms with Gasteiger partial charge in [0.2, 0.25) is 5.82 Å². The van der Waals surface area contributed by atoms with Gasteiger partial charge in [0.25, 0.3) is 11.8 Å². The lowest BCUT2D eigenvalue weighted by Gasteiger charge is -2.01. The van der Waals surface area contributed by atoms with E-state index in [-0.39, 0.29) is 5.91 Å². The molecule has 142 valence electrons. The molecule has 3 heterocycles. The molecule has 3 aromatic heterocycles. The Morgan fingerprint density at radius 3 is 2.79 bits per heavy atom. The number of nitrogens with one attached hydrogen (secondary N) is 1. The van der Waals surface area contributed by atoms with Gasteiger partial charge in [-0.25, -0.2) is 0 Å². The molecule has 4 aromatic rings. The van der Waals surface area contributed by atoms with Gasteiger partial charge in [-0.1, -0.05) is 5.16 Å². The van der Waals surface area contributed by atoms with Crippen molar-refractivity contribution in [2.24, 2.45) is 0 Å². The van der Waals surface area contributed by atoms with E-state index in [1.807, 2.05) is 42.5 Å². The van der Waals surface area contributed by atoms with Crippen LogP contribution in [0.25, 0.3) is 22.2 Å². The van der Waals surface area contributed by atoms with E-state index < -0.39 is 0 Å².